The fourth-order valence-electron chi connectivity index (χ4n) is 3.76. The molecule has 0 saturated carbocycles. The van der Waals surface area contributed by atoms with Gasteiger partial charge in [0.05, 0.1) is 12.0 Å². The van der Waals surface area contributed by atoms with E-state index in [1.165, 1.54) is 5.56 Å². The van der Waals surface area contributed by atoms with Crippen LogP contribution in [0.2, 0.25) is 0 Å². The maximum Gasteiger partial charge on any atom is 0.294 e. The third-order valence-corrected chi connectivity index (χ3v) is 7.30. The van der Waals surface area contributed by atoms with Crippen molar-refractivity contribution in [2.45, 2.75) is 26.4 Å². The van der Waals surface area contributed by atoms with E-state index >= 15 is 0 Å². The number of likely N-dealkylation sites (tertiary alicyclic amines) is 1. The molecule has 9 heteroatoms. The SMILES string of the molecule is COc1cc(/C=C2/SC(=O)N(CC(=O)N3CCCC3)C2=O)c(Br)cc1OCc1ccc(C)cc1. The van der Waals surface area contributed by atoms with Gasteiger partial charge in [0.15, 0.2) is 11.5 Å². The molecule has 34 heavy (non-hydrogen) atoms. The van der Waals surface area contributed by atoms with E-state index < -0.39 is 11.1 Å². The molecule has 2 aliphatic heterocycles. The minimum Gasteiger partial charge on any atom is -0.493 e. The van der Waals surface area contributed by atoms with E-state index in [4.69, 9.17) is 9.47 Å². The summed E-state index contributed by atoms with van der Waals surface area (Å²) in [5, 5.41) is -0.440. The predicted molar refractivity (Wildman–Crippen MR) is 135 cm³/mol. The van der Waals surface area contributed by atoms with E-state index in [0.717, 1.165) is 35.1 Å². The number of thioether (sulfide) groups is 1. The van der Waals surface area contributed by atoms with E-state index in [9.17, 15) is 14.4 Å². The van der Waals surface area contributed by atoms with Crippen molar-refractivity contribution < 1.29 is 23.9 Å². The van der Waals surface area contributed by atoms with Crippen molar-refractivity contribution in [2.75, 3.05) is 26.7 Å². The summed E-state index contributed by atoms with van der Waals surface area (Å²) in [4.78, 5) is 40.7. The first-order valence-corrected chi connectivity index (χ1v) is 12.6. The van der Waals surface area contributed by atoms with Gasteiger partial charge in [-0.05, 0) is 60.9 Å². The summed E-state index contributed by atoms with van der Waals surface area (Å²) >= 11 is 4.36. The average molecular weight is 545 g/mol. The maximum atomic E-state index is 12.9. The molecule has 2 aliphatic rings. The quantitative estimate of drug-likeness (QED) is 0.456. The number of methoxy groups -OCH3 is 1. The molecule has 0 N–H and O–H groups in total. The third-order valence-electron chi connectivity index (χ3n) is 5.71. The van der Waals surface area contributed by atoms with E-state index in [-0.39, 0.29) is 17.4 Å². The van der Waals surface area contributed by atoms with Crippen LogP contribution in [0, 0.1) is 6.92 Å². The van der Waals surface area contributed by atoms with Gasteiger partial charge < -0.3 is 14.4 Å². The molecular formula is C25H25BrN2O5S. The van der Waals surface area contributed by atoms with Gasteiger partial charge in [0.1, 0.15) is 13.2 Å². The first-order valence-electron chi connectivity index (χ1n) is 10.9. The minimum absolute atomic E-state index is 0.195. The van der Waals surface area contributed by atoms with E-state index in [1.54, 1.807) is 30.2 Å². The molecule has 178 valence electrons. The molecule has 2 heterocycles. The topological polar surface area (TPSA) is 76.2 Å². The highest BCUT2D eigenvalue weighted by molar-refractivity contribution is 9.10. The first-order chi connectivity index (χ1) is 16.4. The van der Waals surface area contributed by atoms with Gasteiger partial charge in [0.2, 0.25) is 5.91 Å². The number of hydrogen-bond donors (Lipinski definition) is 0. The molecule has 0 unspecified atom stereocenters. The second-order valence-corrected chi connectivity index (χ2v) is 10.0. The summed E-state index contributed by atoms with van der Waals surface area (Å²) in [5.74, 6) is 0.397. The predicted octanol–water partition coefficient (Wildman–Crippen LogP) is 5.00. The van der Waals surface area contributed by atoms with Gasteiger partial charge in [0, 0.05) is 17.6 Å². The Morgan fingerprint density at radius 1 is 1.12 bits per heavy atom. The van der Waals surface area contributed by atoms with E-state index in [0.29, 0.717) is 41.2 Å². The Bertz CT molecular complexity index is 1140. The fraction of sp³-hybridized carbons (Fsp3) is 0.320. The summed E-state index contributed by atoms with van der Waals surface area (Å²) in [6.07, 6.45) is 3.53. The number of amides is 3. The molecule has 0 bridgehead atoms. The Hall–Kier alpha value is -2.78. The second kappa shape index (κ2) is 10.7. The highest BCUT2D eigenvalue weighted by Gasteiger charge is 2.37. The van der Waals surface area contributed by atoms with Crippen molar-refractivity contribution >= 4 is 50.8 Å². The van der Waals surface area contributed by atoms with Crippen LogP contribution in [0.25, 0.3) is 6.08 Å². The number of nitrogens with zero attached hydrogens (tertiary/aromatic N) is 2. The number of halogens is 1. The summed E-state index contributed by atoms with van der Waals surface area (Å²) in [6, 6.07) is 11.6. The Kier molecular flexibility index (Phi) is 7.63. The maximum absolute atomic E-state index is 12.9. The van der Waals surface area contributed by atoms with E-state index in [1.807, 2.05) is 31.2 Å². The molecule has 0 radical (unpaired) electrons. The Labute approximate surface area is 211 Å². The standard InChI is InChI=1S/C25H25BrN2O5S/c1-16-5-7-17(8-6-16)15-33-21-13-19(26)18(11-20(21)32-2)12-22-24(30)28(25(31)34-22)14-23(29)27-9-3-4-10-27/h5-8,11-13H,3-4,9-10,14-15H2,1-2H3/b22-12+. The monoisotopic (exact) mass is 544 g/mol. The normalized spacial score (nSPS) is 17.1. The summed E-state index contributed by atoms with van der Waals surface area (Å²) < 4.78 is 12.1. The van der Waals surface area contributed by atoms with Gasteiger partial charge in [-0.15, -0.1) is 0 Å². The molecule has 2 fully saturated rings. The number of imide groups is 1. The molecular weight excluding hydrogens is 520 g/mol. The lowest BCUT2D eigenvalue weighted by atomic mass is 10.1. The summed E-state index contributed by atoms with van der Waals surface area (Å²) in [7, 11) is 1.55. The van der Waals surface area contributed by atoms with Crippen LogP contribution < -0.4 is 9.47 Å². The second-order valence-electron chi connectivity index (χ2n) is 8.15. The summed E-state index contributed by atoms with van der Waals surface area (Å²) in [6.45, 7) is 3.54. The van der Waals surface area contributed by atoms with Crippen LogP contribution >= 0.6 is 27.7 Å². The molecule has 4 rings (SSSR count). The van der Waals surface area contributed by atoms with Crippen LogP contribution in [-0.2, 0) is 16.2 Å². The third kappa shape index (κ3) is 5.47. The van der Waals surface area contributed by atoms with Crippen LogP contribution in [-0.4, -0.2) is 53.6 Å². The zero-order chi connectivity index (χ0) is 24.2. The Balaban J connectivity index is 1.49. The van der Waals surface area contributed by atoms with Crippen LogP contribution in [0.3, 0.4) is 0 Å². The largest absolute Gasteiger partial charge is 0.493 e. The number of ether oxygens (including phenoxy) is 2. The first kappa shape index (κ1) is 24.3. The molecule has 0 atom stereocenters. The average Bonchev–Trinajstić information content (AvgIpc) is 3.45. The smallest absolute Gasteiger partial charge is 0.294 e. The zero-order valence-electron chi connectivity index (χ0n) is 19.0. The number of rotatable bonds is 7. The molecule has 7 nitrogen and oxygen atoms in total. The van der Waals surface area contributed by atoms with Crippen LogP contribution in [0.5, 0.6) is 11.5 Å². The van der Waals surface area contributed by atoms with Gasteiger partial charge in [-0.1, -0.05) is 45.8 Å². The van der Waals surface area contributed by atoms with Crippen molar-refractivity contribution in [2.24, 2.45) is 0 Å². The van der Waals surface area contributed by atoms with Crippen molar-refractivity contribution in [3.63, 3.8) is 0 Å². The van der Waals surface area contributed by atoms with Crippen molar-refractivity contribution in [1.29, 1.82) is 0 Å². The van der Waals surface area contributed by atoms with Gasteiger partial charge in [0.25, 0.3) is 11.1 Å². The van der Waals surface area contributed by atoms with Crippen LogP contribution in [0.4, 0.5) is 4.79 Å². The highest BCUT2D eigenvalue weighted by atomic mass is 79.9. The molecule has 3 amide bonds. The number of carbonyl (C=O) groups excluding carboxylic acids is 3. The minimum atomic E-state index is -0.465. The summed E-state index contributed by atoms with van der Waals surface area (Å²) in [5.41, 5.74) is 2.87. The number of benzene rings is 2. The number of hydrogen-bond acceptors (Lipinski definition) is 6. The molecule has 0 aliphatic carbocycles. The van der Waals surface area contributed by atoms with Gasteiger partial charge in [-0.2, -0.15) is 0 Å². The molecule has 0 spiro atoms. The van der Waals surface area contributed by atoms with Gasteiger partial charge in [-0.25, -0.2) is 0 Å². The van der Waals surface area contributed by atoms with Crippen LogP contribution in [0.15, 0.2) is 45.8 Å². The van der Waals surface area contributed by atoms with Gasteiger partial charge in [-0.3, -0.25) is 19.3 Å². The Morgan fingerprint density at radius 3 is 2.50 bits per heavy atom. The van der Waals surface area contributed by atoms with Gasteiger partial charge >= 0.3 is 0 Å². The fourth-order valence-corrected chi connectivity index (χ4v) is 5.02. The number of aryl methyl sites for hydroxylation is 1. The molecule has 2 aromatic rings. The Morgan fingerprint density at radius 2 is 1.82 bits per heavy atom. The van der Waals surface area contributed by atoms with E-state index in [2.05, 4.69) is 15.9 Å². The molecule has 0 aromatic heterocycles. The molecule has 2 saturated heterocycles. The van der Waals surface area contributed by atoms with Crippen molar-refractivity contribution in [1.82, 2.24) is 9.80 Å². The lowest BCUT2D eigenvalue weighted by Gasteiger charge is -2.18. The molecule has 2 aromatic carbocycles. The zero-order valence-corrected chi connectivity index (χ0v) is 21.4. The van der Waals surface area contributed by atoms with Crippen molar-refractivity contribution in [3.8, 4) is 11.5 Å². The lowest BCUT2D eigenvalue weighted by Crippen LogP contribution is -2.40. The highest BCUT2D eigenvalue weighted by Crippen LogP contribution is 2.38. The number of carbonyl (C=O) groups is 3. The van der Waals surface area contributed by atoms with Crippen molar-refractivity contribution in [3.05, 3.63) is 62.5 Å². The van der Waals surface area contributed by atoms with Crippen LogP contribution in [0.1, 0.15) is 29.5 Å². The lowest BCUT2D eigenvalue weighted by molar-refractivity contribution is -0.135.